The van der Waals surface area contributed by atoms with Gasteiger partial charge in [0.05, 0.1) is 39.5 Å². The standard InChI is InChI=1S/C54H54N2O10/c1-56(48(57)30-46(53(58)59)55-54(60)65-35-45-43-28-16-14-26-41(43)42-27-15-17-29-44(42)45)52-51(64-34-40-24-12-5-13-25-40)50(63-33-39-22-10-4-11-23-39)49(62-32-38-20-8-3-9-21-38)47(66-52)36-61-31-37-18-6-2-7-19-37/h2-29,45-47,49-52H,30-36H2,1H3,(H,55,60)(H,58,59)/t46-,47+,49-,50-,51+,52+/m0/s1. The van der Waals surface area contributed by atoms with Gasteiger partial charge in [0.1, 0.15) is 37.1 Å². The number of carboxylic acids is 1. The number of carboxylic acid groups (broad SMARTS) is 1. The van der Waals surface area contributed by atoms with Crippen LogP contribution in [-0.2, 0) is 64.4 Å². The zero-order valence-electron chi connectivity index (χ0n) is 36.7. The zero-order chi connectivity index (χ0) is 45.7. The number of hydrogen-bond acceptors (Lipinski definition) is 9. The van der Waals surface area contributed by atoms with E-state index in [0.29, 0.717) is 0 Å². The lowest BCUT2D eigenvalue weighted by Crippen LogP contribution is -2.65. The molecule has 6 atom stereocenters. The molecule has 2 amide bonds. The fourth-order valence-electron chi connectivity index (χ4n) is 8.52. The fourth-order valence-corrected chi connectivity index (χ4v) is 8.52. The number of amides is 2. The molecule has 6 aromatic rings. The van der Waals surface area contributed by atoms with Crippen LogP contribution in [0.15, 0.2) is 170 Å². The second kappa shape index (κ2) is 22.5. The molecule has 2 aliphatic rings. The molecule has 0 radical (unpaired) electrons. The smallest absolute Gasteiger partial charge is 0.407 e. The Morgan fingerprint density at radius 1 is 0.576 bits per heavy atom. The molecular weight excluding hydrogens is 837 g/mol. The number of carbonyl (C=O) groups is 3. The molecule has 12 heteroatoms. The molecule has 0 saturated carbocycles. The van der Waals surface area contributed by atoms with Crippen LogP contribution >= 0.6 is 0 Å². The summed E-state index contributed by atoms with van der Waals surface area (Å²) in [5, 5.41) is 12.8. The molecule has 8 rings (SSSR count). The van der Waals surface area contributed by atoms with Gasteiger partial charge in [-0.25, -0.2) is 9.59 Å². The summed E-state index contributed by atoms with van der Waals surface area (Å²) in [7, 11) is 1.53. The van der Waals surface area contributed by atoms with Crippen molar-refractivity contribution in [3.05, 3.63) is 203 Å². The Morgan fingerprint density at radius 3 is 1.52 bits per heavy atom. The Labute approximate surface area is 385 Å². The number of fused-ring (bicyclic) bond motifs is 3. The van der Waals surface area contributed by atoms with Gasteiger partial charge in [0, 0.05) is 13.0 Å². The van der Waals surface area contributed by atoms with Crippen molar-refractivity contribution in [1.29, 1.82) is 0 Å². The van der Waals surface area contributed by atoms with Crippen molar-refractivity contribution in [2.75, 3.05) is 20.3 Å². The van der Waals surface area contributed by atoms with E-state index in [4.69, 9.17) is 28.4 Å². The summed E-state index contributed by atoms with van der Waals surface area (Å²) in [6.45, 7) is 0.876. The molecule has 1 aliphatic carbocycles. The Balaban J connectivity index is 1.04. The third kappa shape index (κ3) is 11.6. The van der Waals surface area contributed by atoms with Gasteiger partial charge < -0.3 is 43.7 Å². The number of hydrogen-bond donors (Lipinski definition) is 2. The highest BCUT2D eigenvalue weighted by Crippen LogP contribution is 2.44. The monoisotopic (exact) mass is 890 g/mol. The van der Waals surface area contributed by atoms with Crippen LogP contribution in [-0.4, -0.2) is 84.9 Å². The summed E-state index contributed by atoms with van der Waals surface area (Å²) in [6, 6.07) is 53.0. The molecule has 1 saturated heterocycles. The first-order valence-corrected chi connectivity index (χ1v) is 22.2. The summed E-state index contributed by atoms with van der Waals surface area (Å²) >= 11 is 0. The highest BCUT2D eigenvalue weighted by molar-refractivity contribution is 5.87. The Morgan fingerprint density at radius 2 is 1.02 bits per heavy atom. The highest BCUT2D eigenvalue weighted by atomic mass is 16.6. The van der Waals surface area contributed by atoms with Crippen molar-refractivity contribution in [3.63, 3.8) is 0 Å². The average molecular weight is 891 g/mol. The van der Waals surface area contributed by atoms with Crippen LogP contribution in [0.5, 0.6) is 0 Å². The summed E-state index contributed by atoms with van der Waals surface area (Å²) in [5.41, 5.74) is 7.82. The maximum absolute atomic E-state index is 14.4. The largest absolute Gasteiger partial charge is 0.480 e. The minimum atomic E-state index is -1.63. The van der Waals surface area contributed by atoms with Crippen molar-refractivity contribution < 1.29 is 47.9 Å². The minimum absolute atomic E-state index is 0.0258. The Kier molecular flexibility index (Phi) is 15.6. The van der Waals surface area contributed by atoms with E-state index < -0.39 is 61.1 Å². The van der Waals surface area contributed by atoms with Gasteiger partial charge in [0.2, 0.25) is 5.91 Å². The quantitative estimate of drug-likeness (QED) is 0.0766. The Hall–Kier alpha value is -6.67. The molecule has 0 spiro atoms. The van der Waals surface area contributed by atoms with Gasteiger partial charge in [-0.1, -0.05) is 170 Å². The van der Waals surface area contributed by atoms with Gasteiger partial charge in [-0.15, -0.1) is 0 Å². The zero-order valence-corrected chi connectivity index (χ0v) is 36.7. The lowest BCUT2D eigenvalue weighted by molar-refractivity contribution is -0.294. The lowest BCUT2D eigenvalue weighted by atomic mass is 9.96. The van der Waals surface area contributed by atoms with E-state index in [1.165, 1.54) is 11.9 Å². The van der Waals surface area contributed by atoms with Gasteiger partial charge in [-0.3, -0.25) is 4.79 Å². The van der Waals surface area contributed by atoms with E-state index in [2.05, 4.69) is 5.32 Å². The molecular formula is C54H54N2O10. The first kappa shape index (κ1) is 45.9. The predicted octanol–water partition coefficient (Wildman–Crippen LogP) is 8.52. The molecule has 0 aromatic heterocycles. The molecule has 12 nitrogen and oxygen atoms in total. The van der Waals surface area contributed by atoms with Crippen LogP contribution in [0.3, 0.4) is 0 Å². The SMILES string of the molecule is CN(C(=O)C[C@H](NC(=O)OCC1c2ccccc2-c2ccccc21)C(=O)O)[C@@H]1O[C@H](COCc2ccccc2)[C@H](OCc2ccccc2)[C@H](OCc2ccccc2)[C@H]1OCc1ccccc1. The molecule has 2 N–H and O–H groups in total. The van der Waals surface area contributed by atoms with Crippen molar-refractivity contribution in [1.82, 2.24) is 10.2 Å². The van der Waals surface area contributed by atoms with Crippen LogP contribution in [0.2, 0.25) is 0 Å². The fraction of sp³-hybridized carbons (Fsp3) is 0.278. The minimum Gasteiger partial charge on any atom is -0.480 e. The summed E-state index contributed by atoms with van der Waals surface area (Å²) < 4.78 is 39.1. The van der Waals surface area contributed by atoms with E-state index in [1.807, 2.05) is 170 Å². The van der Waals surface area contributed by atoms with Gasteiger partial charge in [0.25, 0.3) is 0 Å². The van der Waals surface area contributed by atoms with Crippen LogP contribution in [0, 0.1) is 0 Å². The van der Waals surface area contributed by atoms with Crippen LogP contribution in [0.4, 0.5) is 4.79 Å². The summed E-state index contributed by atoms with van der Waals surface area (Å²) in [5.74, 6) is -2.27. The van der Waals surface area contributed by atoms with E-state index >= 15 is 0 Å². The summed E-state index contributed by atoms with van der Waals surface area (Å²) in [4.78, 5) is 41.8. The van der Waals surface area contributed by atoms with Gasteiger partial charge in [-0.2, -0.15) is 0 Å². The normalized spacial score (nSPS) is 19.3. The number of nitrogens with one attached hydrogen (secondary N) is 1. The predicted molar refractivity (Wildman–Crippen MR) is 247 cm³/mol. The molecule has 6 aromatic carbocycles. The topological polar surface area (TPSA) is 142 Å². The van der Waals surface area contributed by atoms with Crippen molar-refractivity contribution in [2.45, 2.75) is 75.5 Å². The van der Waals surface area contributed by atoms with E-state index in [-0.39, 0.29) is 45.6 Å². The summed E-state index contributed by atoms with van der Waals surface area (Å²) in [6.07, 6.45) is -6.01. The number of aliphatic carboxylic acids is 1. The van der Waals surface area contributed by atoms with Crippen molar-refractivity contribution in [3.8, 4) is 11.1 Å². The maximum atomic E-state index is 14.4. The third-order valence-electron chi connectivity index (χ3n) is 11.9. The molecule has 0 unspecified atom stereocenters. The van der Waals surface area contributed by atoms with Crippen molar-refractivity contribution in [2.24, 2.45) is 0 Å². The number of rotatable bonds is 20. The van der Waals surface area contributed by atoms with Gasteiger partial charge >= 0.3 is 12.1 Å². The molecule has 1 fully saturated rings. The average Bonchev–Trinajstić information content (AvgIpc) is 3.68. The lowest BCUT2D eigenvalue weighted by Gasteiger charge is -2.48. The first-order valence-electron chi connectivity index (χ1n) is 22.2. The maximum Gasteiger partial charge on any atom is 0.407 e. The van der Waals surface area contributed by atoms with Crippen LogP contribution in [0.1, 0.15) is 45.7 Å². The third-order valence-corrected chi connectivity index (χ3v) is 11.9. The number of nitrogens with zero attached hydrogens (tertiary/aromatic N) is 1. The van der Waals surface area contributed by atoms with Gasteiger partial charge in [0.15, 0.2) is 6.23 Å². The van der Waals surface area contributed by atoms with E-state index in [1.54, 1.807) is 0 Å². The van der Waals surface area contributed by atoms with E-state index in [9.17, 15) is 19.5 Å². The number of benzene rings is 6. The number of carbonyl (C=O) groups excluding carboxylic acids is 2. The molecule has 1 aliphatic heterocycles. The van der Waals surface area contributed by atoms with Gasteiger partial charge in [-0.05, 0) is 44.5 Å². The highest BCUT2D eigenvalue weighted by Gasteiger charge is 2.51. The van der Waals surface area contributed by atoms with Crippen LogP contribution < -0.4 is 5.32 Å². The number of ether oxygens (including phenoxy) is 6. The second-order valence-electron chi connectivity index (χ2n) is 16.4. The van der Waals surface area contributed by atoms with Crippen LogP contribution in [0.25, 0.3) is 11.1 Å². The molecule has 1 heterocycles. The molecule has 66 heavy (non-hydrogen) atoms. The molecule has 0 bridgehead atoms. The molecule has 340 valence electrons. The Bertz CT molecular complexity index is 2450. The number of alkyl carbamates (subject to hydrolysis) is 1. The second-order valence-corrected chi connectivity index (χ2v) is 16.4. The van der Waals surface area contributed by atoms with E-state index in [0.717, 1.165) is 44.5 Å². The number of likely N-dealkylation sites (N-methyl/N-ethyl adjacent to an activating group) is 1. The first-order chi connectivity index (χ1) is 32.3. The van der Waals surface area contributed by atoms with Crippen molar-refractivity contribution >= 4 is 18.0 Å².